The van der Waals surface area contributed by atoms with Gasteiger partial charge < -0.3 is 5.32 Å². The molecule has 1 nitrogen and oxygen atoms in total. The van der Waals surface area contributed by atoms with Gasteiger partial charge in [-0.2, -0.15) is 0 Å². The highest BCUT2D eigenvalue weighted by atomic mass is 35.5. The molecule has 2 unspecified atom stereocenters. The molecule has 0 bridgehead atoms. The van der Waals surface area contributed by atoms with Crippen LogP contribution in [-0.4, -0.2) is 12.6 Å². The standard InChI is InChI=1S/C16H23ClFN/c1-11(2)19-10-13-5-3-4-12(13)8-14-9-15(17)6-7-16(14)18/h6-7,9,11-13,19H,3-5,8,10H2,1-2H3. The van der Waals surface area contributed by atoms with E-state index < -0.39 is 0 Å². The molecule has 1 N–H and O–H groups in total. The summed E-state index contributed by atoms with van der Waals surface area (Å²) in [4.78, 5) is 0. The van der Waals surface area contributed by atoms with E-state index in [0.29, 0.717) is 22.9 Å². The lowest BCUT2D eigenvalue weighted by Crippen LogP contribution is -2.31. The molecule has 2 rings (SSSR count). The minimum Gasteiger partial charge on any atom is -0.314 e. The average Bonchev–Trinajstić information content (AvgIpc) is 2.79. The summed E-state index contributed by atoms with van der Waals surface area (Å²) in [7, 11) is 0. The highest BCUT2D eigenvalue weighted by Crippen LogP contribution is 2.34. The Labute approximate surface area is 120 Å². The molecule has 0 spiro atoms. The molecule has 3 heteroatoms. The molecule has 0 amide bonds. The van der Waals surface area contributed by atoms with Crippen molar-refractivity contribution >= 4 is 11.6 Å². The van der Waals surface area contributed by atoms with Crippen molar-refractivity contribution in [3.05, 3.63) is 34.6 Å². The van der Waals surface area contributed by atoms with Crippen molar-refractivity contribution in [2.75, 3.05) is 6.54 Å². The van der Waals surface area contributed by atoms with Crippen molar-refractivity contribution in [3.8, 4) is 0 Å². The Balaban J connectivity index is 1.98. The second-order valence-corrected chi connectivity index (χ2v) is 6.39. The molecular weight excluding hydrogens is 261 g/mol. The van der Waals surface area contributed by atoms with Gasteiger partial charge in [0.2, 0.25) is 0 Å². The molecule has 0 aromatic heterocycles. The van der Waals surface area contributed by atoms with Crippen molar-refractivity contribution < 1.29 is 4.39 Å². The first-order valence-electron chi connectivity index (χ1n) is 7.23. The molecule has 0 aliphatic heterocycles. The van der Waals surface area contributed by atoms with Crippen LogP contribution in [0.15, 0.2) is 18.2 Å². The van der Waals surface area contributed by atoms with E-state index in [9.17, 15) is 4.39 Å². The highest BCUT2D eigenvalue weighted by molar-refractivity contribution is 6.30. The number of halogens is 2. The third kappa shape index (κ3) is 4.19. The first-order valence-corrected chi connectivity index (χ1v) is 7.61. The Kier molecular flexibility index (Phi) is 5.23. The fourth-order valence-electron chi connectivity index (χ4n) is 3.02. The third-order valence-electron chi connectivity index (χ3n) is 4.09. The highest BCUT2D eigenvalue weighted by Gasteiger charge is 2.27. The maximum Gasteiger partial charge on any atom is 0.126 e. The number of nitrogens with one attached hydrogen (secondary N) is 1. The number of hydrogen-bond donors (Lipinski definition) is 1. The first kappa shape index (κ1) is 14.8. The fourth-order valence-corrected chi connectivity index (χ4v) is 3.22. The van der Waals surface area contributed by atoms with Crippen LogP contribution in [0.1, 0.15) is 38.7 Å². The topological polar surface area (TPSA) is 12.0 Å². The molecule has 19 heavy (non-hydrogen) atoms. The second kappa shape index (κ2) is 6.71. The van der Waals surface area contributed by atoms with Gasteiger partial charge in [-0.05, 0) is 61.4 Å². The first-order chi connectivity index (χ1) is 9.06. The van der Waals surface area contributed by atoms with E-state index in [0.717, 1.165) is 18.5 Å². The summed E-state index contributed by atoms with van der Waals surface area (Å²) in [6, 6.07) is 5.40. The maximum atomic E-state index is 13.8. The van der Waals surface area contributed by atoms with Crippen molar-refractivity contribution in [1.29, 1.82) is 0 Å². The monoisotopic (exact) mass is 283 g/mol. The van der Waals surface area contributed by atoms with Crippen LogP contribution < -0.4 is 5.32 Å². The van der Waals surface area contributed by atoms with Gasteiger partial charge in [-0.25, -0.2) is 4.39 Å². The maximum absolute atomic E-state index is 13.8. The van der Waals surface area contributed by atoms with Gasteiger partial charge in [0.1, 0.15) is 5.82 Å². The molecule has 1 aromatic carbocycles. The van der Waals surface area contributed by atoms with Crippen LogP contribution in [0.25, 0.3) is 0 Å². The lowest BCUT2D eigenvalue weighted by atomic mass is 9.89. The molecule has 1 saturated carbocycles. The van der Waals surface area contributed by atoms with E-state index in [2.05, 4.69) is 19.2 Å². The smallest absolute Gasteiger partial charge is 0.126 e. The summed E-state index contributed by atoms with van der Waals surface area (Å²) >= 11 is 5.96. The molecule has 1 aliphatic carbocycles. The number of benzene rings is 1. The molecule has 1 aliphatic rings. The van der Waals surface area contributed by atoms with Crippen LogP contribution in [0.5, 0.6) is 0 Å². The Hall–Kier alpha value is -0.600. The molecule has 0 saturated heterocycles. The zero-order valence-electron chi connectivity index (χ0n) is 11.8. The number of hydrogen-bond acceptors (Lipinski definition) is 1. The van der Waals surface area contributed by atoms with E-state index >= 15 is 0 Å². The second-order valence-electron chi connectivity index (χ2n) is 5.95. The molecule has 0 heterocycles. The van der Waals surface area contributed by atoms with Crippen LogP contribution in [0.3, 0.4) is 0 Å². The summed E-state index contributed by atoms with van der Waals surface area (Å²) in [5.41, 5.74) is 0.772. The fraction of sp³-hybridized carbons (Fsp3) is 0.625. The molecular formula is C16H23ClFN. The third-order valence-corrected chi connectivity index (χ3v) is 4.33. The van der Waals surface area contributed by atoms with Crippen molar-refractivity contribution in [3.63, 3.8) is 0 Å². The van der Waals surface area contributed by atoms with Gasteiger partial charge in [0, 0.05) is 11.1 Å². The van der Waals surface area contributed by atoms with Crippen LogP contribution >= 0.6 is 11.6 Å². The van der Waals surface area contributed by atoms with Crippen LogP contribution in [0.4, 0.5) is 4.39 Å². The Bertz CT molecular complexity index is 419. The van der Waals surface area contributed by atoms with E-state index in [1.807, 2.05) is 0 Å². The lowest BCUT2D eigenvalue weighted by molar-refractivity contribution is 0.351. The van der Waals surface area contributed by atoms with Crippen molar-refractivity contribution in [1.82, 2.24) is 5.32 Å². The summed E-state index contributed by atoms with van der Waals surface area (Å²) in [6.45, 7) is 5.38. The Morgan fingerprint density at radius 3 is 2.79 bits per heavy atom. The van der Waals surface area contributed by atoms with Crippen molar-refractivity contribution in [2.45, 2.75) is 45.6 Å². The van der Waals surface area contributed by atoms with E-state index in [4.69, 9.17) is 11.6 Å². The van der Waals surface area contributed by atoms with E-state index in [1.165, 1.54) is 25.3 Å². The van der Waals surface area contributed by atoms with Crippen LogP contribution in [-0.2, 0) is 6.42 Å². The molecule has 0 radical (unpaired) electrons. The van der Waals surface area contributed by atoms with Gasteiger partial charge in [-0.15, -0.1) is 0 Å². The normalized spacial score (nSPS) is 23.2. The SMILES string of the molecule is CC(C)NCC1CCCC1Cc1cc(Cl)ccc1F. The minimum atomic E-state index is -0.119. The lowest BCUT2D eigenvalue weighted by Gasteiger charge is -2.21. The van der Waals surface area contributed by atoms with Crippen LogP contribution in [0, 0.1) is 17.7 Å². The van der Waals surface area contributed by atoms with Crippen molar-refractivity contribution in [2.24, 2.45) is 11.8 Å². The zero-order valence-corrected chi connectivity index (χ0v) is 12.5. The largest absolute Gasteiger partial charge is 0.314 e. The average molecular weight is 284 g/mol. The summed E-state index contributed by atoms with van der Waals surface area (Å²) < 4.78 is 13.8. The Morgan fingerprint density at radius 1 is 1.32 bits per heavy atom. The molecule has 1 fully saturated rings. The minimum absolute atomic E-state index is 0.119. The predicted octanol–water partition coefficient (Wildman–Crippen LogP) is 4.44. The van der Waals surface area contributed by atoms with Crippen LogP contribution in [0.2, 0.25) is 5.02 Å². The van der Waals surface area contributed by atoms with Gasteiger partial charge in [0.25, 0.3) is 0 Å². The summed E-state index contributed by atoms with van der Waals surface area (Å²) in [6.07, 6.45) is 4.54. The summed E-state index contributed by atoms with van der Waals surface area (Å²) in [5.74, 6) is 1.13. The van der Waals surface area contributed by atoms with Gasteiger partial charge in [0.05, 0.1) is 0 Å². The molecule has 2 atom stereocenters. The van der Waals surface area contributed by atoms with E-state index in [1.54, 1.807) is 12.1 Å². The molecule has 106 valence electrons. The number of rotatable bonds is 5. The van der Waals surface area contributed by atoms with Gasteiger partial charge >= 0.3 is 0 Å². The molecule has 1 aromatic rings. The Morgan fingerprint density at radius 2 is 2.05 bits per heavy atom. The van der Waals surface area contributed by atoms with Gasteiger partial charge in [-0.3, -0.25) is 0 Å². The van der Waals surface area contributed by atoms with Gasteiger partial charge in [0.15, 0.2) is 0 Å². The predicted molar refractivity (Wildman–Crippen MR) is 79.1 cm³/mol. The van der Waals surface area contributed by atoms with Gasteiger partial charge in [-0.1, -0.05) is 31.9 Å². The zero-order chi connectivity index (χ0) is 13.8. The quantitative estimate of drug-likeness (QED) is 0.843. The summed E-state index contributed by atoms with van der Waals surface area (Å²) in [5, 5.41) is 4.14. The van der Waals surface area contributed by atoms with E-state index in [-0.39, 0.29) is 5.82 Å².